The molecular weight excluding hydrogens is 599 g/mol. The molecule has 0 atom stereocenters. The predicted molar refractivity (Wildman–Crippen MR) is 199 cm³/mol. The van der Waals surface area contributed by atoms with Crippen molar-refractivity contribution in [2.45, 2.75) is 194 Å². The van der Waals surface area contributed by atoms with Gasteiger partial charge in [0, 0.05) is 18.2 Å². The maximum Gasteiger partial charge on any atom is 0.469 e. The summed E-state index contributed by atoms with van der Waals surface area (Å²) in [5.74, 6) is -0.0555. The number of hydrogen-bond acceptors (Lipinski definition) is 4. The largest absolute Gasteiger partial charge is 0.469 e. The second kappa shape index (κ2) is 23.3. The van der Waals surface area contributed by atoms with Crippen molar-refractivity contribution in [1.29, 1.82) is 0 Å². The second-order valence-corrected chi connectivity index (χ2v) is 29.3. The smallest absolute Gasteiger partial charge is 0.416 e. The summed E-state index contributed by atoms with van der Waals surface area (Å²) in [6.07, 6.45) is 11.3. The minimum Gasteiger partial charge on any atom is -0.416 e. The van der Waals surface area contributed by atoms with E-state index in [9.17, 15) is 4.79 Å². The molecule has 1 N–H and O–H groups in total. The van der Waals surface area contributed by atoms with Crippen molar-refractivity contribution in [1.82, 2.24) is 5.32 Å². The Morgan fingerprint density at radius 1 is 0.512 bits per heavy atom. The molecule has 0 unspecified atom stereocenters. The molecular formula is C34H75NO4Si4. The first-order valence-electron chi connectivity index (χ1n) is 18.5. The zero-order chi connectivity index (χ0) is 32.8. The maximum absolute atomic E-state index is 12.4. The fraction of sp³-hybridized carbons (Fsp3) is 0.912. The zero-order valence-corrected chi connectivity index (χ0v) is 34.7. The van der Waals surface area contributed by atoms with Crippen LogP contribution in [0.4, 0.5) is 0 Å². The van der Waals surface area contributed by atoms with Gasteiger partial charge in [0.2, 0.25) is 5.91 Å². The molecule has 0 bridgehead atoms. The number of amides is 1. The molecule has 256 valence electrons. The highest BCUT2D eigenvalue weighted by Crippen LogP contribution is 2.42. The Balaban J connectivity index is 7.36. The van der Waals surface area contributed by atoms with Crippen LogP contribution >= 0.6 is 0 Å². The Hall–Kier alpha value is -0.0425. The molecule has 0 saturated heterocycles. The monoisotopic (exact) mass is 673 g/mol. The van der Waals surface area contributed by atoms with Crippen LogP contribution in [0.1, 0.15) is 133 Å². The third-order valence-electron chi connectivity index (χ3n) is 8.80. The molecule has 0 radical (unpaired) electrons. The highest BCUT2D eigenvalue weighted by molar-refractivity contribution is 6.92. The van der Waals surface area contributed by atoms with Crippen LogP contribution in [0.15, 0.2) is 12.2 Å². The molecule has 0 aliphatic carbocycles. The molecule has 1 amide bonds. The molecule has 0 aromatic carbocycles. The lowest BCUT2D eigenvalue weighted by Gasteiger charge is -2.49. The van der Waals surface area contributed by atoms with E-state index in [1.165, 1.54) is 54.4 Å². The summed E-state index contributed by atoms with van der Waals surface area (Å²) in [4.78, 5) is 12.4. The fourth-order valence-electron chi connectivity index (χ4n) is 7.55. The second-order valence-electron chi connectivity index (χ2n) is 13.4. The van der Waals surface area contributed by atoms with E-state index in [1.807, 2.05) is 0 Å². The van der Waals surface area contributed by atoms with Crippen LogP contribution in [0.25, 0.3) is 0 Å². The SMILES string of the molecule is C=C(C)C(=O)NCCC[Si](O[Si](CCC)(CCC)CCC)(O[Si](CCC)(CCC)CCC)O[Si](CCC)(CCC)CCC. The number of carbonyl (C=O) groups is 1. The summed E-state index contributed by atoms with van der Waals surface area (Å²) >= 11 is 0. The summed E-state index contributed by atoms with van der Waals surface area (Å²) < 4.78 is 23.9. The molecule has 0 fully saturated rings. The van der Waals surface area contributed by atoms with Crippen LogP contribution in [0, 0.1) is 0 Å². The lowest BCUT2D eigenvalue weighted by Crippen LogP contribution is -2.65. The van der Waals surface area contributed by atoms with Gasteiger partial charge < -0.3 is 17.7 Å². The van der Waals surface area contributed by atoms with Crippen molar-refractivity contribution in [3.63, 3.8) is 0 Å². The summed E-state index contributed by atoms with van der Waals surface area (Å²) in [7, 11) is -9.46. The summed E-state index contributed by atoms with van der Waals surface area (Å²) in [5.41, 5.74) is 0.563. The van der Waals surface area contributed by atoms with Gasteiger partial charge in [0.1, 0.15) is 0 Å². The van der Waals surface area contributed by atoms with E-state index in [1.54, 1.807) is 6.92 Å². The normalized spacial score (nSPS) is 13.0. The molecule has 9 heteroatoms. The number of carbonyl (C=O) groups excluding carboxylic acids is 1. The number of nitrogens with one attached hydrogen (secondary N) is 1. The van der Waals surface area contributed by atoms with Crippen LogP contribution in [0.2, 0.25) is 60.4 Å². The quantitative estimate of drug-likeness (QED) is 0.0488. The first kappa shape index (κ1) is 43.0. The molecule has 0 aliphatic rings. The molecule has 0 heterocycles. The number of hydrogen-bond donors (Lipinski definition) is 1. The van der Waals surface area contributed by atoms with Gasteiger partial charge in [-0.05, 0) is 67.7 Å². The van der Waals surface area contributed by atoms with E-state index in [0.717, 1.165) is 70.3 Å². The van der Waals surface area contributed by atoms with Gasteiger partial charge in [-0.1, -0.05) is 127 Å². The van der Waals surface area contributed by atoms with Crippen LogP contribution in [0.5, 0.6) is 0 Å². The average Bonchev–Trinajstić information content (AvgIpc) is 2.92. The Morgan fingerprint density at radius 3 is 0.977 bits per heavy atom. The van der Waals surface area contributed by atoms with Gasteiger partial charge in [-0.15, -0.1) is 0 Å². The van der Waals surface area contributed by atoms with E-state index < -0.39 is 33.8 Å². The Bertz CT molecular complexity index is 632. The van der Waals surface area contributed by atoms with Gasteiger partial charge in [0.15, 0.2) is 25.0 Å². The van der Waals surface area contributed by atoms with Crippen LogP contribution < -0.4 is 5.32 Å². The third kappa shape index (κ3) is 15.4. The Kier molecular flexibility index (Phi) is 23.3. The molecule has 0 saturated carbocycles. The van der Waals surface area contributed by atoms with Crippen molar-refractivity contribution in [3.05, 3.63) is 12.2 Å². The van der Waals surface area contributed by atoms with E-state index in [0.29, 0.717) is 12.1 Å². The minimum absolute atomic E-state index is 0.0555. The standard InChI is InChI=1S/C34H75NO4Si4/c1-12-23-40(24-13-2,25-14-3)37-43(32-21-22-35-34(36)33(10)11,38-41(26-15-4,27-16-5)28-17-6)39-42(29-18-7,30-19-8)31-20-9/h10,12-32H2,1-9,11H3,(H,35,36). The average molecular weight is 674 g/mol. The van der Waals surface area contributed by atoms with Gasteiger partial charge in [-0.3, -0.25) is 4.79 Å². The molecule has 5 nitrogen and oxygen atoms in total. The number of rotatable bonds is 29. The van der Waals surface area contributed by atoms with Crippen molar-refractivity contribution < 1.29 is 17.1 Å². The van der Waals surface area contributed by atoms with Gasteiger partial charge >= 0.3 is 8.80 Å². The van der Waals surface area contributed by atoms with E-state index >= 15 is 0 Å². The lowest BCUT2D eigenvalue weighted by atomic mass is 10.3. The van der Waals surface area contributed by atoms with Gasteiger partial charge in [-0.2, -0.15) is 0 Å². The molecule has 0 rings (SSSR count). The first-order valence-corrected chi connectivity index (χ1v) is 28.1. The van der Waals surface area contributed by atoms with Crippen molar-refractivity contribution in [2.24, 2.45) is 0 Å². The maximum atomic E-state index is 12.4. The zero-order valence-electron chi connectivity index (χ0n) is 30.7. The van der Waals surface area contributed by atoms with Gasteiger partial charge in [-0.25, -0.2) is 0 Å². The highest BCUT2D eigenvalue weighted by Gasteiger charge is 2.56. The fourth-order valence-corrected chi connectivity index (χ4v) is 33.0. The van der Waals surface area contributed by atoms with Crippen LogP contribution in [0.3, 0.4) is 0 Å². The van der Waals surface area contributed by atoms with Crippen LogP contribution in [-0.2, 0) is 17.1 Å². The summed E-state index contributed by atoms with van der Waals surface area (Å²) in [6, 6.07) is 11.5. The van der Waals surface area contributed by atoms with Crippen molar-refractivity contribution in [3.8, 4) is 0 Å². The first-order chi connectivity index (χ1) is 20.5. The van der Waals surface area contributed by atoms with Crippen molar-refractivity contribution >= 4 is 39.7 Å². The molecule has 0 aromatic rings. The molecule has 0 aromatic heterocycles. The Labute approximate surface area is 273 Å². The lowest BCUT2D eigenvalue weighted by molar-refractivity contribution is -0.117. The summed E-state index contributed by atoms with van der Waals surface area (Å²) in [5, 5.41) is 3.12. The van der Waals surface area contributed by atoms with Crippen LogP contribution in [-0.4, -0.2) is 46.2 Å². The summed E-state index contributed by atoms with van der Waals surface area (Å²) in [6.45, 7) is 27.3. The Morgan fingerprint density at radius 2 is 0.767 bits per heavy atom. The van der Waals surface area contributed by atoms with Crippen molar-refractivity contribution in [2.75, 3.05) is 6.54 Å². The van der Waals surface area contributed by atoms with Gasteiger partial charge in [0.05, 0.1) is 0 Å². The van der Waals surface area contributed by atoms with Gasteiger partial charge in [0.25, 0.3) is 0 Å². The minimum atomic E-state index is -3.12. The van der Waals surface area contributed by atoms with E-state index in [4.69, 9.17) is 12.3 Å². The molecule has 0 spiro atoms. The van der Waals surface area contributed by atoms with E-state index in [2.05, 4.69) is 74.2 Å². The molecule has 0 aliphatic heterocycles. The highest BCUT2D eigenvalue weighted by atomic mass is 28.5. The molecule has 43 heavy (non-hydrogen) atoms. The third-order valence-corrected chi connectivity index (χ3v) is 31.4. The van der Waals surface area contributed by atoms with E-state index in [-0.39, 0.29) is 5.91 Å². The predicted octanol–water partition coefficient (Wildman–Crippen LogP) is 11.6. The topological polar surface area (TPSA) is 56.8 Å².